The summed E-state index contributed by atoms with van der Waals surface area (Å²) in [6, 6.07) is 0. The first-order valence-corrected chi connectivity index (χ1v) is 12.5. The van der Waals surface area contributed by atoms with Crippen LogP contribution in [0.5, 0.6) is 0 Å². The summed E-state index contributed by atoms with van der Waals surface area (Å²) in [5, 5.41) is 4.64. The molecule has 4 saturated carbocycles. The van der Waals surface area contributed by atoms with Crippen LogP contribution in [0.2, 0.25) is 0 Å². The summed E-state index contributed by atoms with van der Waals surface area (Å²) in [4.78, 5) is 26.6. The summed E-state index contributed by atoms with van der Waals surface area (Å²) in [7, 11) is 0. The summed E-state index contributed by atoms with van der Waals surface area (Å²) in [6.07, 6.45) is 8.90. The molecule has 4 rings (SSSR count). The molecule has 0 aromatic carbocycles. The van der Waals surface area contributed by atoms with Crippen molar-refractivity contribution in [2.75, 3.05) is 0 Å². The third kappa shape index (κ3) is 3.43. The molecule has 0 aromatic rings. The average Bonchev–Trinajstić information content (AvgIpc) is 3.01. The summed E-state index contributed by atoms with van der Waals surface area (Å²) >= 11 is 0. The van der Waals surface area contributed by atoms with E-state index in [9.17, 15) is 15.1 Å². The van der Waals surface area contributed by atoms with E-state index >= 15 is 0 Å². The lowest BCUT2D eigenvalue weighted by molar-refractivity contribution is -0.167. The quantitative estimate of drug-likeness (QED) is 0.230. The molecular weight excluding hydrogens is 406 g/mol. The zero-order valence-corrected chi connectivity index (χ0v) is 20.3. The maximum atomic E-state index is 11.7. The van der Waals surface area contributed by atoms with Crippen LogP contribution in [0, 0.1) is 34.5 Å². The number of fused-ring (bicyclic) bond motifs is 5. The molecular formula is C25H39N3O4. The Morgan fingerprint density at radius 3 is 2.41 bits per heavy atom. The minimum atomic E-state index is -0.412. The summed E-state index contributed by atoms with van der Waals surface area (Å²) in [5.74, 6) is 1.21. The lowest BCUT2D eigenvalue weighted by Gasteiger charge is -2.64. The second kappa shape index (κ2) is 8.23. The van der Waals surface area contributed by atoms with Gasteiger partial charge in [0.05, 0.1) is 5.54 Å². The second-order valence-electron chi connectivity index (χ2n) is 11.5. The third-order valence-corrected chi connectivity index (χ3v) is 10.4. The first-order valence-electron chi connectivity index (χ1n) is 12.5. The zero-order chi connectivity index (χ0) is 23.3. The van der Waals surface area contributed by atoms with E-state index in [2.05, 4.69) is 23.9 Å². The largest absolute Gasteiger partial charge is 0.463 e. The van der Waals surface area contributed by atoms with Gasteiger partial charge in [-0.2, -0.15) is 0 Å². The maximum Gasteiger partial charge on any atom is 0.302 e. The molecule has 4 fully saturated rings. The van der Waals surface area contributed by atoms with Crippen LogP contribution in [0.1, 0.15) is 92.4 Å². The predicted molar refractivity (Wildman–Crippen MR) is 120 cm³/mol. The van der Waals surface area contributed by atoms with Crippen LogP contribution in [0.4, 0.5) is 0 Å². The highest BCUT2D eigenvalue weighted by Crippen LogP contribution is 2.70. The molecule has 0 radical (unpaired) electrons. The Balaban J connectivity index is 1.64. The molecule has 7 nitrogen and oxygen atoms in total. The molecule has 4 aliphatic carbocycles. The van der Waals surface area contributed by atoms with Crippen molar-refractivity contribution in [3.63, 3.8) is 0 Å². The maximum absolute atomic E-state index is 11.7. The molecule has 0 amide bonds. The molecule has 0 spiro atoms. The van der Waals surface area contributed by atoms with E-state index in [4.69, 9.17) is 9.47 Å². The lowest BCUT2D eigenvalue weighted by atomic mass is 9.42. The smallest absolute Gasteiger partial charge is 0.302 e. The zero-order valence-electron chi connectivity index (χ0n) is 20.3. The molecule has 0 unspecified atom stereocenters. The van der Waals surface area contributed by atoms with E-state index in [-0.39, 0.29) is 40.9 Å². The Kier molecular flexibility index (Phi) is 6.02. The molecule has 0 aromatic heterocycles. The fourth-order valence-electron chi connectivity index (χ4n) is 8.98. The highest BCUT2D eigenvalue weighted by molar-refractivity contribution is 5.66. The number of rotatable bonds is 4. The van der Waals surface area contributed by atoms with Crippen molar-refractivity contribution in [3.05, 3.63) is 10.4 Å². The van der Waals surface area contributed by atoms with Crippen molar-refractivity contribution in [1.29, 1.82) is 0 Å². The molecule has 32 heavy (non-hydrogen) atoms. The van der Waals surface area contributed by atoms with Gasteiger partial charge in [0, 0.05) is 24.7 Å². The number of ether oxygens (including phenoxy) is 2. The topological polar surface area (TPSA) is 101 Å². The SMILES string of the molecule is CC(=O)O[C@H]1CC[C@@]2(C)[C@H](CC[C@@H]3[C@@H]2CC[C@]2(C)[C@@H]([C@@H](C)OC(C)=O)CC[C@@]32N=[N+]=[N-])C1. The minimum absolute atomic E-state index is 0.0440. The van der Waals surface area contributed by atoms with Crippen molar-refractivity contribution < 1.29 is 19.1 Å². The number of hydrogen-bond donors (Lipinski definition) is 0. The van der Waals surface area contributed by atoms with Gasteiger partial charge in [0.15, 0.2) is 0 Å². The normalized spacial score (nSPS) is 46.0. The van der Waals surface area contributed by atoms with Gasteiger partial charge in [0.2, 0.25) is 0 Å². The Morgan fingerprint density at radius 2 is 1.75 bits per heavy atom. The molecule has 0 heterocycles. The number of esters is 2. The van der Waals surface area contributed by atoms with Gasteiger partial charge in [-0.25, -0.2) is 0 Å². The van der Waals surface area contributed by atoms with Crippen molar-refractivity contribution in [2.45, 2.75) is 110 Å². The van der Waals surface area contributed by atoms with Crippen LogP contribution >= 0.6 is 0 Å². The number of carbonyl (C=O) groups excluding carboxylic acids is 2. The van der Waals surface area contributed by atoms with Gasteiger partial charge in [-0.05, 0) is 98.8 Å². The fourth-order valence-corrected chi connectivity index (χ4v) is 8.98. The molecule has 4 aliphatic rings. The summed E-state index contributed by atoms with van der Waals surface area (Å²) in [5.41, 5.74) is 9.30. The van der Waals surface area contributed by atoms with Crippen molar-refractivity contribution >= 4 is 11.9 Å². The van der Waals surface area contributed by atoms with Crippen LogP contribution in [0.25, 0.3) is 10.4 Å². The summed E-state index contributed by atoms with van der Waals surface area (Å²) < 4.78 is 11.2. The standard InChI is InChI=1S/C25H39N3O4/c1-15(31-16(2)29)20-10-13-25(27-28-26)22-7-6-18-14-19(32-17(3)30)8-11-23(18,4)21(22)9-12-24(20,25)5/h15,18-22H,6-14H2,1-5H3/t15-,18-,19+,20-,21+,22-,23+,24-,25-/m1/s1. The second-order valence-corrected chi connectivity index (χ2v) is 11.5. The number of nitrogens with zero attached hydrogens (tertiary/aromatic N) is 3. The monoisotopic (exact) mass is 445 g/mol. The average molecular weight is 446 g/mol. The van der Waals surface area contributed by atoms with Gasteiger partial charge in [-0.3, -0.25) is 9.59 Å². The van der Waals surface area contributed by atoms with Crippen LogP contribution in [-0.4, -0.2) is 29.7 Å². The Bertz CT molecular complexity index is 826. The highest BCUT2D eigenvalue weighted by Gasteiger charge is 2.68. The predicted octanol–water partition coefficient (Wildman–Crippen LogP) is 5.96. The first kappa shape index (κ1) is 23.4. The van der Waals surface area contributed by atoms with Gasteiger partial charge in [0.25, 0.3) is 0 Å². The lowest BCUT2D eigenvalue weighted by Crippen LogP contribution is -2.62. The van der Waals surface area contributed by atoms with E-state index < -0.39 is 5.54 Å². The fraction of sp³-hybridized carbons (Fsp3) is 0.920. The molecule has 178 valence electrons. The minimum Gasteiger partial charge on any atom is -0.463 e. The van der Waals surface area contributed by atoms with Crippen molar-refractivity contribution in [1.82, 2.24) is 0 Å². The molecule has 7 heteroatoms. The van der Waals surface area contributed by atoms with Crippen LogP contribution in [0.15, 0.2) is 5.11 Å². The summed E-state index contributed by atoms with van der Waals surface area (Å²) in [6.45, 7) is 9.72. The van der Waals surface area contributed by atoms with Crippen LogP contribution < -0.4 is 0 Å². The Labute approximate surface area is 191 Å². The van der Waals surface area contributed by atoms with Gasteiger partial charge in [0.1, 0.15) is 12.2 Å². The van der Waals surface area contributed by atoms with E-state index in [1.165, 1.54) is 13.8 Å². The van der Waals surface area contributed by atoms with Gasteiger partial charge in [-0.15, -0.1) is 0 Å². The van der Waals surface area contributed by atoms with E-state index in [0.29, 0.717) is 17.8 Å². The number of hydrogen-bond acceptors (Lipinski definition) is 5. The molecule has 0 N–H and O–H groups in total. The van der Waals surface area contributed by atoms with Gasteiger partial charge in [-0.1, -0.05) is 19.0 Å². The number of carbonyl (C=O) groups is 2. The third-order valence-electron chi connectivity index (χ3n) is 10.4. The van der Waals surface area contributed by atoms with Crippen molar-refractivity contribution in [2.24, 2.45) is 39.6 Å². The Hall–Kier alpha value is -1.75. The van der Waals surface area contributed by atoms with Crippen LogP contribution in [-0.2, 0) is 19.1 Å². The van der Waals surface area contributed by atoms with Crippen LogP contribution in [0.3, 0.4) is 0 Å². The van der Waals surface area contributed by atoms with E-state index in [0.717, 1.165) is 57.8 Å². The van der Waals surface area contributed by atoms with E-state index in [1.807, 2.05) is 6.92 Å². The highest BCUT2D eigenvalue weighted by atomic mass is 16.5. The molecule has 9 atom stereocenters. The molecule has 0 bridgehead atoms. The van der Waals surface area contributed by atoms with Gasteiger partial charge < -0.3 is 9.47 Å². The Morgan fingerprint density at radius 1 is 1.00 bits per heavy atom. The van der Waals surface area contributed by atoms with E-state index in [1.54, 1.807) is 0 Å². The first-order chi connectivity index (χ1) is 15.1. The number of azide groups is 1. The van der Waals surface area contributed by atoms with Gasteiger partial charge >= 0.3 is 11.9 Å². The molecule has 0 saturated heterocycles. The van der Waals surface area contributed by atoms with Crippen molar-refractivity contribution in [3.8, 4) is 0 Å². The molecule has 0 aliphatic heterocycles.